The van der Waals surface area contributed by atoms with E-state index in [1.807, 2.05) is 24.1 Å². The molecule has 0 unspecified atom stereocenters. The van der Waals surface area contributed by atoms with Gasteiger partial charge >= 0.3 is 6.03 Å². The fraction of sp³-hybridized carbons (Fsp3) is 0.400. The first-order chi connectivity index (χ1) is 9.13. The van der Waals surface area contributed by atoms with E-state index in [-0.39, 0.29) is 6.03 Å². The third kappa shape index (κ3) is 2.47. The molecule has 1 aromatic carbocycles. The van der Waals surface area contributed by atoms with E-state index in [1.165, 1.54) is 6.42 Å². The zero-order valence-corrected chi connectivity index (χ0v) is 11.6. The van der Waals surface area contributed by atoms with E-state index >= 15 is 0 Å². The Morgan fingerprint density at radius 2 is 2.00 bits per heavy atom. The molecule has 1 aromatic rings. The van der Waals surface area contributed by atoms with Gasteiger partial charge in [-0.1, -0.05) is 23.8 Å². The molecule has 0 aromatic heterocycles. The van der Waals surface area contributed by atoms with E-state index in [4.69, 9.17) is 11.6 Å². The number of benzene rings is 1. The Labute approximate surface area is 118 Å². The highest BCUT2D eigenvalue weighted by molar-refractivity contribution is 6.30. The highest BCUT2D eigenvalue weighted by Crippen LogP contribution is 2.41. The van der Waals surface area contributed by atoms with Crippen molar-refractivity contribution in [3.05, 3.63) is 41.4 Å². The lowest BCUT2D eigenvalue weighted by Gasteiger charge is -2.29. The second kappa shape index (κ2) is 4.89. The Kier molecular flexibility index (Phi) is 3.23. The van der Waals surface area contributed by atoms with Crippen LogP contribution in [0.3, 0.4) is 0 Å². The predicted molar refractivity (Wildman–Crippen MR) is 77.4 cm³/mol. The third-order valence-electron chi connectivity index (χ3n) is 4.16. The summed E-state index contributed by atoms with van der Waals surface area (Å²) in [5.41, 5.74) is 0.778. The van der Waals surface area contributed by atoms with Gasteiger partial charge in [-0.05, 0) is 48.9 Å². The Balaban J connectivity index is 1.64. The van der Waals surface area contributed by atoms with Crippen molar-refractivity contribution in [1.82, 2.24) is 4.90 Å². The zero-order valence-electron chi connectivity index (χ0n) is 10.8. The molecule has 0 aliphatic heterocycles. The minimum Gasteiger partial charge on any atom is -0.324 e. The molecule has 3 nitrogen and oxygen atoms in total. The first-order valence-electron chi connectivity index (χ1n) is 6.61. The number of anilines is 1. The minimum absolute atomic E-state index is 0.0479. The number of nitrogens with one attached hydrogen (secondary N) is 1. The van der Waals surface area contributed by atoms with Gasteiger partial charge in [-0.3, -0.25) is 0 Å². The summed E-state index contributed by atoms with van der Waals surface area (Å²) in [6, 6.07) is 7.47. The average Bonchev–Trinajstić information content (AvgIpc) is 3.03. The van der Waals surface area contributed by atoms with Crippen molar-refractivity contribution in [2.24, 2.45) is 11.8 Å². The number of allylic oxidation sites excluding steroid dienone is 1. The number of hydrogen-bond acceptors (Lipinski definition) is 1. The van der Waals surface area contributed by atoms with Gasteiger partial charge in [-0.25, -0.2) is 4.79 Å². The van der Waals surface area contributed by atoms with Crippen LogP contribution in [0.1, 0.15) is 12.8 Å². The van der Waals surface area contributed by atoms with E-state index in [1.54, 1.807) is 12.1 Å². The smallest absolute Gasteiger partial charge is 0.321 e. The van der Waals surface area contributed by atoms with Crippen LogP contribution in [0, 0.1) is 11.8 Å². The number of fused-ring (bicyclic) bond motifs is 2. The zero-order chi connectivity index (χ0) is 13.4. The Bertz CT molecular complexity index is 511. The van der Waals surface area contributed by atoms with Gasteiger partial charge in [0, 0.05) is 23.8 Å². The second-order valence-corrected chi connectivity index (χ2v) is 5.83. The maximum Gasteiger partial charge on any atom is 0.321 e. The fourth-order valence-corrected chi connectivity index (χ4v) is 3.22. The second-order valence-electron chi connectivity index (χ2n) is 5.40. The molecular formula is C15H17ClN2O. The summed E-state index contributed by atoms with van der Waals surface area (Å²) in [6.45, 7) is 0. The van der Waals surface area contributed by atoms with Crippen LogP contribution < -0.4 is 5.32 Å². The van der Waals surface area contributed by atoms with Gasteiger partial charge in [0.25, 0.3) is 0 Å². The molecule has 2 bridgehead atoms. The van der Waals surface area contributed by atoms with Crippen LogP contribution >= 0.6 is 11.6 Å². The summed E-state index contributed by atoms with van der Waals surface area (Å²) in [7, 11) is 1.88. The van der Waals surface area contributed by atoms with Crippen LogP contribution in [0.2, 0.25) is 5.02 Å². The van der Waals surface area contributed by atoms with Crippen molar-refractivity contribution >= 4 is 23.3 Å². The molecule has 0 heterocycles. The molecule has 0 saturated heterocycles. The van der Waals surface area contributed by atoms with Gasteiger partial charge in [0.2, 0.25) is 0 Å². The van der Waals surface area contributed by atoms with Gasteiger partial charge in [-0.15, -0.1) is 0 Å². The van der Waals surface area contributed by atoms with E-state index in [2.05, 4.69) is 17.5 Å². The van der Waals surface area contributed by atoms with Gasteiger partial charge in [-0.2, -0.15) is 0 Å². The standard InChI is InChI=1S/C15H17ClN2O/c1-18(14-9-10-2-3-11(14)8-10)15(19)17-13-6-4-12(16)5-7-13/h2-7,10-11,14H,8-9H2,1H3,(H,17,19)/t10-,11+,14-/m0/s1. The highest BCUT2D eigenvalue weighted by Gasteiger charge is 2.39. The van der Waals surface area contributed by atoms with Crippen molar-refractivity contribution in [3.63, 3.8) is 0 Å². The number of halogens is 1. The first-order valence-corrected chi connectivity index (χ1v) is 6.99. The Morgan fingerprint density at radius 1 is 1.26 bits per heavy atom. The third-order valence-corrected chi connectivity index (χ3v) is 4.41. The molecule has 0 radical (unpaired) electrons. The molecular weight excluding hydrogens is 260 g/mol. The van der Waals surface area contributed by atoms with Gasteiger partial charge in [0.1, 0.15) is 0 Å². The predicted octanol–water partition coefficient (Wildman–Crippen LogP) is 3.77. The van der Waals surface area contributed by atoms with Crippen LogP contribution in [0.5, 0.6) is 0 Å². The van der Waals surface area contributed by atoms with E-state index in [9.17, 15) is 4.79 Å². The SMILES string of the molecule is CN(C(=O)Nc1ccc(Cl)cc1)[C@H]1C[C@H]2C=C[C@@H]1C2. The summed E-state index contributed by atoms with van der Waals surface area (Å²) >= 11 is 5.83. The molecule has 1 saturated carbocycles. The van der Waals surface area contributed by atoms with Crippen LogP contribution in [-0.4, -0.2) is 24.0 Å². The van der Waals surface area contributed by atoms with Crippen molar-refractivity contribution in [1.29, 1.82) is 0 Å². The lowest BCUT2D eigenvalue weighted by molar-refractivity contribution is 0.194. The maximum atomic E-state index is 12.2. The van der Waals surface area contributed by atoms with E-state index in [0.717, 1.165) is 12.1 Å². The normalized spacial score (nSPS) is 27.6. The summed E-state index contributed by atoms with van der Waals surface area (Å²) in [5, 5.41) is 3.58. The monoisotopic (exact) mass is 276 g/mol. The summed E-state index contributed by atoms with van der Waals surface area (Å²) in [6.07, 6.45) is 6.83. The molecule has 1 N–H and O–H groups in total. The summed E-state index contributed by atoms with van der Waals surface area (Å²) < 4.78 is 0. The molecule has 4 heteroatoms. The first kappa shape index (κ1) is 12.5. The molecule has 2 aliphatic rings. The van der Waals surface area contributed by atoms with Crippen molar-refractivity contribution < 1.29 is 4.79 Å². The van der Waals surface area contributed by atoms with Crippen LogP contribution in [0.15, 0.2) is 36.4 Å². The van der Waals surface area contributed by atoms with E-state index < -0.39 is 0 Å². The lowest BCUT2D eigenvalue weighted by Crippen LogP contribution is -2.42. The summed E-state index contributed by atoms with van der Waals surface area (Å²) in [4.78, 5) is 14.1. The number of rotatable bonds is 2. The number of hydrogen-bond donors (Lipinski definition) is 1. The topological polar surface area (TPSA) is 32.3 Å². The van der Waals surface area contributed by atoms with Crippen molar-refractivity contribution in [2.75, 3.05) is 12.4 Å². The number of amides is 2. The van der Waals surface area contributed by atoms with Crippen LogP contribution in [-0.2, 0) is 0 Å². The number of carbonyl (C=O) groups is 1. The Hall–Kier alpha value is -1.48. The number of carbonyl (C=O) groups excluding carboxylic acids is 1. The van der Waals surface area contributed by atoms with Gasteiger partial charge in [0.05, 0.1) is 0 Å². The van der Waals surface area contributed by atoms with Crippen LogP contribution in [0.25, 0.3) is 0 Å². The Morgan fingerprint density at radius 3 is 2.58 bits per heavy atom. The fourth-order valence-electron chi connectivity index (χ4n) is 3.09. The van der Waals surface area contributed by atoms with Gasteiger partial charge < -0.3 is 10.2 Å². The maximum absolute atomic E-state index is 12.2. The largest absolute Gasteiger partial charge is 0.324 e. The molecule has 100 valence electrons. The van der Waals surface area contributed by atoms with Crippen LogP contribution in [0.4, 0.5) is 10.5 Å². The molecule has 3 atom stereocenters. The highest BCUT2D eigenvalue weighted by atomic mass is 35.5. The number of urea groups is 1. The van der Waals surface area contributed by atoms with Crippen molar-refractivity contribution in [3.8, 4) is 0 Å². The molecule has 19 heavy (non-hydrogen) atoms. The minimum atomic E-state index is -0.0479. The quantitative estimate of drug-likeness (QED) is 0.820. The average molecular weight is 277 g/mol. The summed E-state index contributed by atoms with van der Waals surface area (Å²) in [5.74, 6) is 1.20. The molecule has 2 amide bonds. The van der Waals surface area contributed by atoms with Crippen molar-refractivity contribution in [2.45, 2.75) is 18.9 Å². The number of nitrogens with zero attached hydrogens (tertiary/aromatic N) is 1. The molecule has 3 rings (SSSR count). The van der Waals surface area contributed by atoms with E-state index in [0.29, 0.717) is 22.9 Å². The molecule has 2 aliphatic carbocycles. The van der Waals surface area contributed by atoms with Gasteiger partial charge in [0.15, 0.2) is 0 Å². The lowest BCUT2D eigenvalue weighted by atomic mass is 10.0. The molecule has 1 fully saturated rings. The molecule has 0 spiro atoms.